The van der Waals surface area contributed by atoms with Crippen LogP contribution in [-0.4, -0.2) is 59.6 Å². The standard InChI is InChI=1S/C17H18N6O6/c18-15-12-16(20-7-19-15)22(8-21-12)17-13(25)14(11(5-24)29-17)28-6-9-3-1-2-4-10(9)23(26)27/h1-4,7-8,11,13-14,17,24-25H,5-6H2,(H2,18,19,20)/t11-,13-,14-,17-/m1/s1. The molecule has 12 heteroatoms. The first-order chi connectivity index (χ1) is 14.0. The number of nitro groups is 1. The molecular weight excluding hydrogens is 384 g/mol. The minimum absolute atomic E-state index is 0.0919. The van der Waals surface area contributed by atoms with E-state index in [4.69, 9.17) is 15.2 Å². The number of hydrogen-bond acceptors (Lipinski definition) is 10. The molecule has 0 aliphatic carbocycles. The second kappa shape index (κ2) is 7.67. The number of nitrogens with two attached hydrogens (primary N) is 1. The van der Waals surface area contributed by atoms with E-state index in [0.717, 1.165) is 0 Å². The van der Waals surface area contributed by atoms with Crippen LogP contribution in [0.25, 0.3) is 11.2 Å². The van der Waals surface area contributed by atoms with Crippen LogP contribution in [0.3, 0.4) is 0 Å². The van der Waals surface area contributed by atoms with Crippen molar-refractivity contribution in [1.29, 1.82) is 0 Å². The number of nitrogens with zero attached hydrogens (tertiary/aromatic N) is 5. The maximum Gasteiger partial charge on any atom is 0.274 e. The van der Waals surface area contributed by atoms with E-state index in [1.54, 1.807) is 18.2 Å². The van der Waals surface area contributed by atoms with Gasteiger partial charge in [-0.1, -0.05) is 12.1 Å². The van der Waals surface area contributed by atoms with Gasteiger partial charge in [0.1, 0.15) is 30.2 Å². The second-order valence-electron chi connectivity index (χ2n) is 6.48. The third-order valence-corrected chi connectivity index (χ3v) is 4.77. The molecule has 3 heterocycles. The number of aliphatic hydroxyl groups excluding tert-OH is 2. The number of hydrogen-bond donors (Lipinski definition) is 3. The summed E-state index contributed by atoms with van der Waals surface area (Å²) in [5.74, 6) is 0.184. The Kier molecular flexibility index (Phi) is 5.07. The first kappa shape index (κ1) is 19.1. The van der Waals surface area contributed by atoms with Crippen LogP contribution in [0.2, 0.25) is 0 Å². The van der Waals surface area contributed by atoms with Gasteiger partial charge < -0.3 is 25.4 Å². The molecule has 1 aliphatic rings. The van der Waals surface area contributed by atoms with Crippen molar-refractivity contribution in [3.8, 4) is 0 Å². The molecule has 4 rings (SSSR count). The molecule has 0 radical (unpaired) electrons. The molecule has 1 aliphatic heterocycles. The van der Waals surface area contributed by atoms with E-state index in [-0.39, 0.29) is 18.1 Å². The van der Waals surface area contributed by atoms with Crippen molar-refractivity contribution in [1.82, 2.24) is 19.5 Å². The molecule has 1 fully saturated rings. The number of nitrogen functional groups attached to an aromatic ring is 1. The third kappa shape index (κ3) is 3.38. The monoisotopic (exact) mass is 402 g/mol. The zero-order valence-electron chi connectivity index (χ0n) is 15.0. The number of fused-ring (bicyclic) bond motifs is 1. The van der Waals surface area contributed by atoms with Gasteiger partial charge in [-0.2, -0.15) is 0 Å². The first-order valence-electron chi connectivity index (χ1n) is 8.72. The highest BCUT2D eigenvalue weighted by molar-refractivity contribution is 5.81. The molecule has 1 saturated heterocycles. The van der Waals surface area contributed by atoms with E-state index in [1.807, 2.05) is 0 Å². The molecule has 0 bridgehead atoms. The Hall–Kier alpha value is -3.19. The second-order valence-corrected chi connectivity index (χ2v) is 6.48. The zero-order valence-corrected chi connectivity index (χ0v) is 15.0. The van der Waals surface area contributed by atoms with E-state index in [1.165, 1.54) is 23.3 Å². The lowest BCUT2D eigenvalue weighted by atomic mass is 10.1. The SMILES string of the molecule is Nc1ncnc2c1ncn2[C@@H]1O[C@H](CO)[C@@H](OCc2ccccc2[N+](=O)[O-])[C@H]1O. The quantitative estimate of drug-likeness (QED) is 0.381. The normalized spacial score (nSPS) is 24.2. The molecule has 0 amide bonds. The third-order valence-electron chi connectivity index (χ3n) is 4.77. The van der Waals surface area contributed by atoms with Gasteiger partial charge in [0.05, 0.1) is 30.0 Å². The van der Waals surface area contributed by atoms with Crippen LogP contribution >= 0.6 is 0 Å². The minimum atomic E-state index is -1.19. The largest absolute Gasteiger partial charge is 0.394 e. The fourth-order valence-electron chi connectivity index (χ4n) is 3.36. The van der Waals surface area contributed by atoms with Gasteiger partial charge in [-0.25, -0.2) is 15.0 Å². The molecular formula is C17H18N6O6. The summed E-state index contributed by atoms with van der Waals surface area (Å²) in [6.45, 7) is -0.551. The number of nitro benzene ring substituents is 1. The lowest BCUT2D eigenvalue weighted by molar-refractivity contribution is -0.386. The fourth-order valence-corrected chi connectivity index (χ4v) is 3.36. The molecule has 4 atom stereocenters. The molecule has 0 unspecified atom stereocenters. The molecule has 2 aromatic heterocycles. The van der Waals surface area contributed by atoms with E-state index in [9.17, 15) is 20.3 Å². The summed E-state index contributed by atoms with van der Waals surface area (Å²) in [6, 6.07) is 6.14. The van der Waals surface area contributed by atoms with Gasteiger partial charge in [0.25, 0.3) is 5.69 Å². The average Bonchev–Trinajstić information content (AvgIpc) is 3.28. The maximum atomic E-state index is 11.2. The van der Waals surface area contributed by atoms with Crippen LogP contribution in [-0.2, 0) is 16.1 Å². The topological polar surface area (TPSA) is 172 Å². The minimum Gasteiger partial charge on any atom is -0.394 e. The number of para-hydroxylation sites is 1. The van der Waals surface area contributed by atoms with Gasteiger partial charge in [-0.3, -0.25) is 14.7 Å². The summed E-state index contributed by atoms with van der Waals surface area (Å²) in [4.78, 5) is 22.8. The first-order valence-corrected chi connectivity index (χ1v) is 8.72. The fraction of sp³-hybridized carbons (Fsp3) is 0.353. The number of benzene rings is 1. The highest BCUT2D eigenvalue weighted by atomic mass is 16.6. The molecule has 4 N–H and O–H groups in total. The predicted molar refractivity (Wildman–Crippen MR) is 98.4 cm³/mol. The average molecular weight is 402 g/mol. The molecule has 29 heavy (non-hydrogen) atoms. The summed E-state index contributed by atoms with van der Waals surface area (Å²) < 4.78 is 13.0. The molecule has 0 saturated carbocycles. The Labute approximate surface area is 163 Å². The smallest absolute Gasteiger partial charge is 0.274 e. The van der Waals surface area contributed by atoms with Crippen LogP contribution in [0.15, 0.2) is 36.9 Å². The van der Waals surface area contributed by atoms with Gasteiger partial charge >= 0.3 is 0 Å². The van der Waals surface area contributed by atoms with Gasteiger partial charge in [0.2, 0.25) is 0 Å². The highest BCUT2D eigenvalue weighted by Gasteiger charge is 2.46. The predicted octanol–water partition coefficient (Wildman–Crippen LogP) is 0.153. The van der Waals surface area contributed by atoms with Crippen molar-refractivity contribution < 1.29 is 24.6 Å². The summed E-state index contributed by atoms with van der Waals surface area (Å²) in [7, 11) is 0. The van der Waals surface area contributed by atoms with Crippen LogP contribution in [0, 0.1) is 10.1 Å². The lowest BCUT2D eigenvalue weighted by Gasteiger charge is -2.20. The van der Waals surface area contributed by atoms with Gasteiger partial charge in [-0.15, -0.1) is 0 Å². The number of anilines is 1. The van der Waals surface area contributed by atoms with Crippen LogP contribution in [0.4, 0.5) is 11.5 Å². The van der Waals surface area contributed by atoms with Crippen molar-refractivity contribution in [2.75, 3.05) is 12.3 Å². The molecule has 0 spiro atoms. The summed E-state index contributed by atoms with van der Waals surface area (Å²) in [5, 5.41) is 31.6. The number of ether oxygens (including phenoxy) is 2. The van der Waals surface area contributed by atoms with Crippen LogP contribution < -0.4 is 5.73 Å². The van der Waals surface area contributed by atoms with Crippen LogP contribution in [0.5, 0.6) is 0 Å². The van der Waals surface area contributed by atoms with Gasteiger partial charge in [0.15, 0.2) is 17.7 Å². The Morgan fingerprint density at radius 2 is 2.10 bits per heavy atom. The summed E-state index contributed by atoms with van der Waals surface area (Å²) >= 11 is 0. The number of imidazole rings is 1. The zero-order chi connectivity index (χ0) is 20.5. The van der Waals surface area contributed by atoms with Crippen LogP contribution in [0.1, 0.15) is 11.8 Å². The summed E-state index contributed by atoms with van der Waals surface area (Å²) in [6.07, 6.45) is -1.24. The van der Waals surface area contributed by atoms with Crippen molar-refractivity contribution in [3.05, 3.63) is 52.6 Å². The highest BCUT2D eigenvalue weighted by Crippen LogP contribution is 2.34. The van der Waals surface area contributed by atoms with Gasteiger partial charge in [0, 0.05) is 6.07 Å². The van der Waals surface area contributed by atoms with E-state index in [2.05, 4.69) is 15.0 Å². The Morgan fingerprint density at radius 3 is 2.86 bits per heavy atom. The number of rotatable bonds is 6. The Morgan fingerprint density at radius 1 is 1.31 bits per heavy atom. The molecule has 12 nitrogen and oxygen atoms in total. The van der Waals surface area contributed by atoms with Crippen molar-refractivity contribution in [2.24, 2.45) is 0 Å². The number of aliphatic hydroxyl groups is 2. The van der Waals surface area contributed by atoms with Crippen molar-refractivity contribution in [2.45, 2.75) is 31.1 Å². The van der Waals surface area contributed by atoms with E-state index >= 15 is 0 Å². The van der Waals surface area contributed by atoms with Crippen molar-refractivity contribution in [3.63, 3.8) is 0 Å². The van der Waals surface area contributed by atoms with Gasteiger partial charge in [-0.05, 0) is 6.07 Å². The van der Waals surface area contributed by atoms with E-state index < -0.39 is 36.1 Å². The Balaban J connectivity index is 1.57. The maximum absolute atomic E-state index is 11.2. The molecule has 1 aromatic carbocycles. The lowest BCUT2D eigenvalue weighted by Crippen LogP contribution is -2.36. The summed E-state index contributed by atoms with van der Waals surface area (Å²) in [5.41, 5.74) is 6.75. The molecule has 3 aromatic rings. The number of aromatic nitrogens is 4. The Bertz CT molecular complexity index is 1040. The van der Waals surface area contributed by atoms with E-state index in [0.29, 0.717) is 16.7 Å². The molecule has 152 valence electrons. The van der Waals surface area contributed by atoms with Crippen molar-refractivity contribution >= 4 is 22.7 Å².